The van der Waals surface area contributed by atoms with Gasteiger partial charge in [-0.05, 0) is 31.0 Å². The maximum absolute atomic E-state index is 4.46. The Morgan fingerprint density at radius 1 is 0.957 bits per heavy atom. The van der Waals surface area contributed by atoms with Crippen molar-refractivity contribution in [3.05, 3.63) is 71.5 Å². The maximum atomic E-state index is 4.46. The molecule has 0 saturated heterocycles. The average molecular weight is 323 g/mol. The molecule has 0 aliphatic rings. The molecule has 0 fully saturated rings. The topological polar surface area (TPSA) is 30.7 Å². The molecule has 0 unspecified atom stereocenters. The molecule has 3 rings (SSSR count). The average Bonchev–Trinajstić information content (AvgIpc) is 2.97. The van der Waals surface area contributed by atoms with Crippen molar-refractivity contribution in [3.63, 3.8) is 0 Å². The van der Waals surface area contributed by atoms with E-state index in [9.17, 15) is 0 Å². The van der Waals surface area contributed by atoms with Gasteiger partial charge in [-0.1, -0.05) is 66.7 Å². The maximum Gasteiger partial charge on any atom is 0.195 e. The molecule has 0 atom stereocenters. The zero-order valence-corrected chi connectivity index (χ0v) is 14.4. The molecule has 0 aliphatic carbocycles. The van der Waals surface area contributed by atoms with Crippen molar-refractivity contribution in [3.8, 4) is 5.69 Å². The van der Waals surface area contributed by atoms with Gasteiger partial charge < -0.3 is 0 Å². The van der Waals surface area contributed by atoms with Gasteiger partial charge in [-0.3, -0.25) is 4.57 Å². The second-order valence-electron chi connectivity index (χ2n) is 5.58. The molecule has 3 aromatic rings. The first-order chi connectivity index (χ1) is 11.3. The van der Waals surface area contributed by atoms with E-state index in [2.05, 4.69) is 77.1 Å². The Morgan fingerprint density at radius 3 is 2.39 bits per heavy atom. The highest BCUT2D eigenvalue weighted by atomic mass is 32.2. The molecule has 0 bridgehead atoms. The van der Waals surface area contributed by atoms with Gasteiger partial charge in [0.1, 0.15) is 5.82 Å². The van der Waals surface area contributed by atoms with Gasteiger partial charge in [-0.15, -0.1) is 10.2 Å². The van der Waals surface area contributed by atoms with Crippen LogP contribution in [0.3, 0.4) is 0 Å². The van der Waals surface area contributed by atoms with Gasteiger partial charge >= 0.3 is 0 Å². The summed E-state index contributed by atoms with van der Waals surface area (Å²) in [5, 5.41) is 9.85. The summed E-state index contributed by atoms with van der Waals surface area (Å²) >= 11 is 1.77. The third kappa shape index (κ3) is 3.82. The lowest BCUT2D eigenvalue weighted by molar-refractivity contribution is 0.846. The van der Waals surface area contributed by atoms with Crippen LogP contribution in [0.1, 0.15) is 30.3 Å². The molecule has 0 radical (unpaired) electrons. The lowest BCUT2D eigenvalue weighted by Crippen LogP contribution is -2.04. The quantitative estimate of drug-likeness (QED) is 0.618. The predicted molar refractivity (Wildman–Crippen MR) is 96.4 cm³/mol. The van der Waals surface area contributed by atoms with Gasteiger partial charge in [0.15, 0.2) is 5.16 Å². The summed E-state index contributed by atoms with van der Waals surface area (Å²) in [6.07, 6.45) is 1.91. The van der Waals surface area contributed by atoms with Gasteiger partial charge in [0.25, 0.3) is 0 Å². The minimum absolute atomic E-state index is 0.786. The van der Waals surface area contributed by atoms with Crippen molar-refractivity contribution in [1.29, 1.82) is 0 Å². The summed E-state index contributed by atoms with van der Waals surface area (Å²) in [7, 11) is 0. The molecule has 3 nitrogen and oxygen atoms in total. The van der Waals surface area contributed by atoms with E-state index < -0.39 is 0 Å². The van der Waals surface area contributed by atoms with E-state index in [4.69, 9.17) is 0 Å². The van der Waals surface area contributed by atoms with E-state index in [1.54, 1.807) is 11.8 Å². The Kier molecular flexibility index (Phi) is 5.13. The Hall–Kier alpha value is -2.07. The number of hydrogen-bond donors (Lipinski definition) is 0. The van der Waals surface area contributed by atoms with E-state index in [0.29, 0.717) is 0 Å². The van der Waals surface area contributed by atoms with Crippen LogP contribution in [0.25, 0.3) is 5.69 Å². The second kappa shape index (κ2) is 7.47. The largest absolute Gasteiger partial charge is 0.274 e. The standard InChI is InChI=1S/C19H21N3S/c1-3-13-23-19-21-20-18(14-16-7-5-4-6-8-16)22(19)17-11-9-15(2)10-12-17/h4-12H,3,13-14H2,1-2H3. The van der Waals surface area contributed by atoms with Crippen molar-refractivity contribution in [2.24, 2.45) is 0 Å². The molecule has 1 aromatic heterocycles. The first kappa shape index (κ1) is 15.8. The predicted octanol–water partition coefficient (Wildman–Crippen LogP) is 4.67. The van der Waals surface area contributed by atoms with Crippen molar-refractivity contribution in [2.75, 3.05) is 5.75 Å². The zero-order chi connectivity index (χ0) is 16.1. The van der Waals surface area contributed by atoms with Crippen LogP contribution >= 0.6 is 11.8 Å². The molecule has 4 heteroatoms. The highest BCUT2D eigenvalue weighted by Crippen LogP contribution is 2.24. The van der Waals surface area contributed by atoms with Crippen molar-refractivity contribution in [2.45, 2.75) is 31.8 Å². The first-order valence-corrected chi connectivity index (χ1v) is 8.94. The third-order valence-corrected chi connectivity index (χ3v) is 4.77. The fraction of sp³-hybridized carbons (Fsp3) is 0.263. The molecule has 0 saturated carbocycles. The van der Waals surface area contributed by atoms with Crippen molar-refractivity contribution >= 4 is 11.8 Å². The van der Waals surface area contributed by atoms with Gasteiger partial charge in [0.2, 0.25) is 0 Å². The Bertz CT molecular complexity index is 748. The van der Waals surface area contributed by atoms with E-state index in [1.807, 2.05) is 6.07 Å². The van der Waals surface area contributed by atoms with E-state index in [1.165, 1.54) is 11.1 Å². The fourth-order valence-electron chi connectivity index (χ4n) is 2.43. The van der Waals surface area contributed by atoms with Crippen LogP contribution in [-0.4, -0.2) is 20.5 Å². The van der Waals surface area contributed by atoms with Gasteiger partial charge in [-0.2, -0.15) is 0 Å². The molecular weight excluding hydrogens is 302 g/mol. The number of aryl methyl sites for hydroxylation is 1. The number of benzene rings is 2. The molecule has 118 valence electrons. The van der Waals surface area contributed by atoms with Gasteiger partial charge in [-0.25, -0.2) is 0 Å². The first-order valence-electron chi connectivity index (χ1n) is 7.96. The summed E-state index contributed by atoms with van der Waals surface area (Å²) < 4.78 is 2.19. The molecule has 0 spiro atoms. The van der Waals surface area contributed by atoms with Crippen LogP contribution in [0.15, 0.2) is 59.8 Å². The lowest BCUT2D eigenvalue weighted by atomic mass is 10.1. The Labute approximate surface area is 141 Å². The normalized spacial score (nSPS) is 10.9. The van der Waals surface area contributed by atoms with Crippen LogP contribution < -0.4 is 0 Å². The summed E-state index contributed by atoms with van der Waals surface area (Å²) in [5.74, 6) is 2.04. The molecule has 0 N–H and O–H groups in total. The second-order valence-corrected chi connectivity index (χ2v) is 6.64. The van der Waals surface area contributed by atoms with E-state index in [0.717, 1.165) is 35.3 Å². The number of rotatable bonds is 6. The SMILES string of the molecule is CCCSc1nnc(Cc2ccccc2)n1-c1ccc(C)cc1. The van der Waals surface area contributed by atoms with Gasteiger partial charge in [0, 0.05) is 17.9 Å². The molecule has 1 heterocycles. The summed E-state index contributed by atoms with van der Waals surface area (Å²) in [4.78, 5) is 0. The summed E-state index contributed by atoms with van der Waals surface area (Å²) in [6, 6.07) is 19.0. The van der Waals surface area contributed by atoms with Crippen LogP contribution in [-0.2, 0) is 6.42 Å². The third-order valence-electron chi connectivity index (χ3n) is 3.63. The van der Waals surface area contributed by atoms with Gasteiger partial charge in [0.05, 0.1) is 0 Å². The van der Waals surface area contributed by atoms with Crippen LogP contribution in [0.2, 0.25) is 0 Å². The lowest BCUT2D eigenvalue weighted by Gasteiger charge is -2.10. The molecule has 0 aliphatic heterocycles. The van der Waals surface area contributed by atoms with Crippen LogP contribution in [0.4, 0.5) is 0 Å². The minimum atomic E-state index is 0.786. The van der Waals surface area contributed by atoms with Crippen molar-refractivity contribution in [1.82, 2.24) is 14.8 Å². The monoisotopic (exact) mass is 323 g/mol. The Morgan fingerprint density at radius 2 is 1.70 bits per heavy atom. The van der Waals surface area contributed by atoms with Crippen LogP contribution in [0, 0.1) is 6.92 Å². The van der Waals surface area contributed by atoms with Crippen molar-refractivity contribution < 1.29 is 0 Å². The smallest absolute Gasteiger partial charge is 0.195 e. The number of thioether (sulfide) groups is 1. The van der Waals surface area contributed by atoms with E-state index >= 15 is 0 Å². The number of aromatic nitrogens is 3. The zero-order valence-electron chi connectivity index (χ0n) is 13.6. The highest BCUT2D eigenvalue weighted by molar-refractivity contribution is 7.99. The highest BCUT2D eigenvalue weighted by Gasteiger charge is 2.14. The molecule has 2 aromatic carbocycles. The van der Waals surface area contributed by atoms with Crippen LogP contribution in [0.5, 0.6) is 0 Å². The minimum Gasteiger partial charge on any atom is -0.274 e. The van der Waals surface area contributed by atoms with E-state index in [-0.39, 0.29) is 0 Å². The molecule has 23 heavy (non-hydrogen) atoms. The number of hydrogen-bond acceptors (Lipinski definition) is 3. The number of nitrogens with zero attached hydrogens (tertiary/aromatic N) is 3. The summed E-state index contributed by atoms with van der Waals surface area (Å²) in [5.41, 5.74) is 3.64. The fourth-order valence-corrected chi connectivity index (χ4v) is 3.26. The summed E-state index contributed by atoms with van der Waals surface area (Å²) in [6.45, 7) is 4.29. The Balaban J connectivity index is 1.98. The molecular formula is C19H21N3S. The molecule has 0 amide bonds.